The lowest BCUT2D eigenvalue weighted by Gasteiger charge is -2.16. The molecular formula is C12H13N5O2. The first-order valence-corrected chi connectivity index (χ1v) is 5.62. The molecule has 0 bridgehead atoms. The molecule has 0 spiro atoms. The maximum Gasteiger partial charge on any atom is 0.316 e. The SMILES string of the molecule is CN(Cc1ccccc1)C(=O)C(=O)Nc1ncn[nH]1. The highest BCUT2D eigenvalue weighted by atomic mass is 16.2. The molecule has 98 valence electrons. The molecule has 0 saturated carbocycles. The second kappa shape index (κ2) is 5.76. The molecule has 0 aliphatic carbocycles. The molecule has 19 heavy (non-hydrogen) atoms. The minimum absolute atomic E-state index is 0.145. The summed E-state index contributed by atoms with van der Waals surface area (Å²) in [5, 5.41) is 8.35. The largest absolute Gasteiger partial charge is 0.333 e. The predicted molar refractivity (Wildman–Crippen MR) is 67.9 cm³/mol. The second-order valence-electron chi connectivity index (χ2n) is 3.94. The topological polar surface area (TPSA) is 91.0 Å². The summed E-state index contributed by atoms with van der Waals surface area (Å²) in [5.41, 5.74) is 0.950. The third kappa shape index (κ3) is 3.38. The number of nitrogens with zero attached hydrogens (tertiary/aromatic N) is 3. The first-order valence-electron chi connectivity index (χ1n) is 5.62. The normalized spacial score (nSPS) is 9.95. The van der Waals surface area contributed by atoms with Crippen LogP contribution in [0.3, 0.4) is 0 Å². The number of hydrogen-bond donors (Lipinski definition) is 2. The molecule has 0 unspecified atom stereocenters. The summed E-state index contributed by atoms with van der Waals surface area (Å²) in [7, 11) is 1.56. The lowest BCUT2D eigenvalue weighted by molar-refractivity contribution is -0.142. The molecule has 0 atom stereocenters. The zero-order valence-corrected chi connectivity index (χ0v) is 10.3. The maximum atomic E-state index is 11.8. The lowest BCUT2D eigenvalue weighted by Crippen LogP contribution is -2.36. The molecule has 0 aliphatic rings. The highest BCUT2D eigenvalue weighted by Gasteiger charge is 2.19. The Morgan fingerprint density at radius 2 is 2.05 bits per heavy atom. The number of hydrogen-bond acceptors (Lipinski definition) is 4. The smallest absolute Gasteiger partial charge is 0.316 e. The maximum absolute atomic E-state index is 11.8. The molecule has 2 amide bonds. The molecule has 2 N–H and O–H groups in total. The van der Waals surface area contributed by atoms with Gasteiger partial charge in [-0.25, -0.2) is 5.10 Å². The molecule has 1 aromatic heterocycles. The summed E-state index contributed by atoms with van der Waals surface area (Å²) < 4.78 is 0. The van der Waals surface area contributed by atoms with Gasteiger partial charge in [0.05, 0.1) is 0 Å². The molecule has 7 nitrogen and oxygen atoms in total. The quantitative estimate of drug-likeness (QED) is 0.781. The number of rotatable bonds is 3. The van der Waals surface area contributed by atoms with Gasteiger partial charge >= 0.3 is 11.8 Å². The summed E-state index contributed by atoms with van der Waals surface area (Å²) in [6.07, 6.45) is 1.24. The first-order chi connectivity index (χ1) is 9.16. The average Bonchev–Trinajstić information content (AvgIpc) is 2.91. The average molecular weight is 259 g/mol. The van der Waals surface area contributed by atoms with Crippen molar-refractivity contribution in [3.8, 4) is 0 Å². The minimum Gasteiger partial charge on any atom is -0.333 e. The van der Waals surface area contributed by atoms with E-state index in [0.717, 1.165) is 5.56 Å². The number of nitrogens with one attached hydrogen (secondary N) is 2. The van der Waals surface area contributed by atoms with Crippen LogP contribution in [-0.2, 0) is 16.1 Å². The van der Waals surface area contributed by atoms with Crippen molar-refractivity contribution in [1.82, 2.24) is 20.1 Å². The molecule has 7 heteroatoms. The van der Waals surface area contributed by atoms with Crippen LogP contribution in [0.1, 0.15) is 5.56 Å². The predicted octanol–water partition coefficient (Wildman–Crippen LogP) is 0.402. The van der Waals surface area contributed by atoms with Crippen LogP contribution in [0.15, 0.2) is 36.7 Å². The van der Waals surface area contributed by atoms with Gasteiger partial charge in [0.15, 0.2) is 0 Å². The van der Waals surface area contributed by atoms with E-state index in [1.54, 1.807) is 7.05 Å². The molecule has 1 heterocycles. The van der Waals surface area contributed by atoms with Gasteiger partial charge in [0.25, 0.3) is 0 Å². The van der Waals surface area contributed by atoms with Gasteiger partial charge in [-0.1, -0.05) is 30.3 Å². The zero-order valence-electron chi connectivity index (χ0n) is 10.3. The monoisotopic (exact) mass is 259 g/mol. The number of amides is 2. The van der Waals surface area contributed by atoms with Crippen LogP contribution in [-0.4, -0.2) is 38.9 Å². The zero-order chi connectivity index (χ0) is 13.7. The van der Waals surface area contributed by atoms with Crippen LogP contribution in [0.5, 0.6) is 0 Å². The molecule has 0 radical (unpaired) electrons. The van der Waals surface area contributed by atoms with Gasteiger partial charge in [0.1, 0.15) is 6.33 Å². The number of anilines is 1. The standard InChI is InChI=1S/C12H13N5O2/c1-17(7-9-5-3-2-4-6-9)11(19)10(18)15-12-13-8-14-16-12/h2-6,8H,7H2,1H3,(H2,13,14,15,16,18). The Balaban J connectivity index is 1.93. The fraction of sp³-hybridized carbons (Fsp3) is 0.167. The van der Waals surface area contributed by atoms with Gasteiger partial charge in [-0.2, -0.15) is 10.1 Å². The summed E-state index contributed by atoms with van der Waals surface area (Å²) in [4.78, 5) is 28.5. The first kappa shape index (κ1) is 12.7. The highest BCUT2D eigenvalue weighted by molar-refractivity contribution is 6.39. The lowest BCUT2D eigenvalue weighted by atomic mass is 10.2. The van der Waals surface area contributed by atoms with Gasteiger partial charge in [0, 0.05) is 13.6 Å². The third-order valence-corrected chi connectivity index (χ3v) is 2.45. The molecule has 0 saturated heterocycles. The van der Waals surface area contributed by atoms with E-state index in [0.29, 0.717) is 6.54 Å². The van der Waals surface area contributed by atoms with Crippen LogP contribution in [0.25, 0.3) is 0 Å². The molecule has 0 fully saturated rings. The third-order valence-electron chi connectivity index (χ3n) is 2.45. The van der Waals surface area contributed by atoms with Gasteiger partial charge in [0.2, 0.25) is 5.95 Å². The molecule has 1 aromatic carbocycles. The number of benzene rings is 1. The van der Waals surface area contributed by atoms with Gasteiger partial charge in [-0.15, -0.1) is 0 Å². The van der Waals surface area contributed by atoms with Crippen LogP contribution in [0.4, 0.5) is 5.95 Å². The number of carbonyl (C=O) groups is 2. The van der Waals surface area contributed by atoms with E-state index in [4.69, 9.17) is 0 Å². The van der Waals surface area contributed by atoms with Crippen molar-refractivity contribution in [3.63, 3.8) is 0 Å². The molecular weight excluding hydrogens is 246 g/mol. The van der Waals surface area contributed by atoms with Gasteiger partial charge in [-0.3, -0.25) is 14.9 Å². The van der Waals surface area contributed by atoms with E-state index in [1.807, 2.05) is 30.3 Å². The van der Waals surface area contributed by atoms with E-state index in [-0.39, 0.29) is 5.95 Å². The molecule has 0 aliphatic heterocycles. The summed E-state index contributed by atoms with van der Waals surface area (Å²) >= 11 is 0. The van der Waals surface area contributed by atoms with E-state index >= 15 is 0 Å². The fourth-order valence-electron chi connectivity index (χ4n) is 1.53. The fourth-order valence-corrected chi connectivity index (χ4v) is 1.53. The van der Waals surface area contributed by atoms with Crippen molar-refractivity contribution < 1.29 is 9.59 Å². The van der Waals surface area contributed by atoms with E-state index in [9.17, 15) is 9.59 Å². The Morgan fingerprint density at radius 3 is 2.68 bits per heavy atom. The second-order valence-corrected chi connectivity index (χ2v) is 3.94. The number of likely N-dealkylation sites (N-methyl/N-ethyl adjacent to an activating group) is 1. The van der Waals surface area contributed by atoms with E-state index in [2.05, 4.69) is 20.5 Å². The van der Waals surface area contributed by atoms with Crippen molar-refractivity contribution in [2.45, 2.75) is 6.54 Å². The minimum atomic E-state index is -0.754. The van der Waals surface area contributed by atoms with Crippen LogP contribution >= 0.6 is 0 Å². The Hall–Kier alpha value is -2.70. The summed E-state index contributed by atoms with van der Waals surface area (Å²) in [5.74, 6) is -1.25. The van der Waals surface area contributed by atoms with Crippen molar-refractivity contribution in [2.75, 3.05) is 12.4 Å². The van der Waals surface area contributed by atoms with Gasteiger partial charge in [-0.05, 0) is 5.56 Å². The van der Waals surface area contributed by atoms with E-state index in [1.165, 1.54) is 11.2 Å². The van der Waals surface area contributed by atoms with Crippen LogP contribution in [0, 0.1) is 0 Å². The highest BCUT2D eigenvalue weighted by Crippen LogP contribution is 2.03. The Bertz CT molecular complexity index is 553. The van der Waals surface area contributed by atoms with Crippen LogP contribution < -0.4 is 5.32 Å². The Kier molecular flexibility index (Phi) is 3.87. The molecule has 2 rings (SSSR count). The van der Waals surface area contributed by atoms with Crippen molar-refractivity contribution in [1.29, 1.82) is 0 Å². The van der Waals surface area contributed by atoms with Crippen molar-refractivity contribution in [3.05, 3.63) is 42.2 Å². The van der Waals surface area contributed by atoms with Crippen molar-refractivity contribution in [2.24, 2.45) is 0 Å². The Labute approximate surface area is 109 Å². The summed E-state index contributed by atoms with van der Waals surface area (Å²) in [6.45, 7) is 0.365. The number of aromatic nitrogens is 3. The molecule has 2 aromatic rings. The van der Waals surface area contributed by atoms with Crippen LogP contribution in [0.2, 0.25) is 0 Å². The Morgan fingerprint density at radius 1 is 1.32 bits per heavy atom. The summed E-state index contributed by atoms with van der Waals surface area (Å²) in [6, 6.07) is 9.42. The number of aromatic amines is 1. The van der Waals surface area contributed by atoms with E-state index < -0.39 is 11.8 Å². The number of H-pyrrole nitrogens is 1. The van der Waals surface area contributed by atoms with Gasteiger partial charge < -0.3 is 4.90 Å². The van der Waals surface area contributed by atoms with Crippen molar-refractivity contribution >= 4 is 17.8 Å². The number of carbonyl (C=O) groups excluding carboxylic acids is 2.